The van der Waals surface area contributed by atoms with Crippen LogP contribution < -0.4 is 11.1 Å². The van der Waals surface area contributed by atoms with Crippen molar-refractivity contribution in [2.24, 2.45) is 12.8 Å². The lowest BCUT2D eigenvalue weighted by atomic mass is 9.96. The molecule has 0 aliphatic heterocycles. The number of amides is 1. The molecule has 1 amide bonds. The van der Waals surface area contributed by atoms with Crippen molar-refractivity contribution in [3.63, 3.8) is 0 Å². The van der Waals surface area contributed by atoms with Crippen LogP contribution in [0.5, 0.6) is 0 Å². The molecule has 1 heterocycles. The Morgan fingerprint density at radius 1 is 1.65 bits per heavy atom. The van der Waals surface area contributed by atoms with E-state index in [4.69, 9.17) is 5.73 Å². The molecule has 0 saturated carbocycles. The topological polar surface area (TPSA) is 72.9 Å². The van der Waals surface area contributed by atoms with Gasteiger partial charge in [-0.2, -0.15) is 5.10 Å². The maximum Gasteiger partial charge on any atom is 0.239 e. The quantitative estimate of drug-likeness (QED) is 0.762. The summed E-state index contributed by atoms with van der Waals surface area (Å²) in [5, 5.41) is 7.09. The minimum Gasteiger partial charge on any atom is -0.354 e. The van der Waals surface area contributed by atoms with Crippen LogP contribution >= 0.6 is 0 Å². The van der Waals surface area contributed by atoms with E-state index in [2.05, 4.69) is 10.4 Å². The van der Waals surface area contributed by atoms with Crippen molar-refractivity contribution < 1.29 is 4.79 Å². The normalized spacial score (nSPS) is 14.4. The van der Waals surface area contributed by atoms with Gasteiger partial charge in [0, 0.05) is 26.2 Å². The molecule has 1 atom stereocenters. The van der Waals surface area contributed by atoms with Gasteiger partial charge >= 0.3 is 0 Å². The Balaban J connectivity index is 2.33. The van der Waals surface area contributed by atoms with Gasteiger partial charge in [0.05, 0.1) is 11.2 Å². The van der Waals surface area contributed by atoms with Gasteiger partial charge in [0.2, 0.25) is 5.91 Å². The number of aromatic nitrogens is 2. The van der Waals surface area contributed by atoms with Gasteiger partial charge in [-0.15, -0.1) is 0 Å². The molecule has 0 fully saturated rings. The lowest BCUT2D eigenvalue weighted by molar-refractivity contribution is -0.126. The molecule has 1 unspecified atom stereocenters. The third-order valence-corrected chi connectivity index (χ3v) is 2.72. The predicted octanol–water partition coefficient (Wildman–Crippen LogP) is 0.596. The van der Waals surface area contributed by atoms with Crippen molar-refractivity contribution in [1.82, 2.24) is 15.1 Å². The smallest absolute Gasteiger partial charge is 0.239 e. The third-order valence-electron chi connectivity index (χ3n) is 2.72. The fraction of sp³-hybridized carbons (Fsp3) is 0.667. The zero-order valence-electron chi connectivity index (χ0n) is 10.9. The Morgan fingerprint density at radius 3 is 2.88 bits per heavy atom. The SMILES string of the molecule is CCCC(C)(N)C(=O)NCCc1ccn(C)n1. The van der Waals surface area contributed by atoms with E-state index in [-0.39, 0.29) is 5.91 Å². The van der Waals surface area contributed by atoms with Gasteiger partial charge in [-0.05, 0) is 19.4 Å². The van der Waals surface area contributed by atoms with Gasteiger partial charge in [-0.3, -0.25) is 9.48 Å². The molecule has 0 radical (unpaired) electrons. The summed E-state index contributed by atoms with van der Waals surface area (Å²) in [6.45, 7) is 4.37. The molecule has 1 aromatic heterocycles. The monoisotopic (exact) mass is 238 g/mol. The van der Waals surface area contributed by atoms with Crippen LogP contribution in [0.25, 0.3) is 0 Å². The number of hydrogen-bond donors (Lipinski definition) is 2. The number of rotatable bonds is 6. The molecule has 17 heavy (non-hydrogen) atoms. The average Bonchev–Trinajstić information content (AvgIpc) is 2.64. The molecule has 0 aromatic carbocycles. The van der Waals surface area contributed by atoms with Crippen LogP contribution in [0.1, 0.15) is 32.4 Å². The van der Waals surface area contributed by atoms with Crippen LogP contribution in [0, 0.1) is 0 Å². The van der Waals surface area contributed by atoms with Crippen molar-refractivity contribution in [3.8, 4) is 0 Å². The van der Waals surface area contributed by atoms with Crippen molar-refractivity contribution in [1.29, 1.82) is 0 Å². The number of nitrogens with zero attached hydrogens (tertiary/aromatic N) is 2. The fourth-order valence-corrected chi connectivity index (χ4v) is 1.74. The number of hydrogen-bond acceptors (Lipinski definition) is 3. The first-order valence-electron chi connectivity index (χ1n) is 6.01. The van der Waals surface area contributed by atoms with E-state index in [1.807, 2.05) is 26.2 Å². The van der Waals surface area contributed by atoms with Gasteiger partial charge in [0.1, 0.15) is 0 Å². The number of nitrogens with two attached hydrogens (primary N) is 1. The maximum absolute atomic E-state index is 11.8. The predicted molar refractivity (Wildman–Crippen MR) is 67.4 cm³/mol. The van der Waals surface area contributed by atoms with Gasteiger partial charge in [0.15, 0.2) is 0 Å². The lowest BCUT2D eigenvalue weighted by Crippen LogP contribution is -2.51. The van der Waals surface area contributed by atoms with Crippen LogP contribution in [0.15, 0.2) is 12.3 Å². The summed E-state index contributed by atoms with van der Waals surface area (Å²) in [7, 11) is 1.88. The summed E-state index contributed by atoms with van der Waals surface area (Å²) in [6.07, 6.45) is 4.22. The Labute approximate surface area is 102 Å². The number of carbonyl (C=O) groups is 1. The number of aryl methyl sites for hydroxylation is 1. The van der Waals surface area contributed by atoms with Gasteiger partial charge < -0.3 is 11.1 Å². The Hall–Kier alpha value is -1.36. The van der Waals surface area contributed by atoms with E-state index >= 15 is 0 Å². The summed E-state index contributed by atoms with van der Waals surface area (Å²) < 4.78 is 1.75. The second-order valence-electron chi connectivity index (χ2n) is 4.65. The highest BCUT2D eigenvalue weighted by molar-refractivity contribution is 5.85. The summed E-state index contributed by atoms with van der Waals surface area (Å²) in [4.78, 5) is 11.8. The zero-order chi connectivity index (χ0) is 12.9. The molecule has 0 bridgehead atoms. The van der Waals surface area contributed by atoms with Crippen LogP contribution in [0.2, 0.25) is 0 Å². The highest BCUT2D eigenvalue weighted by Gasteiger charge is 2.26. The highest BCUT2D eigenvalue weighted by atomic mass is 16.2. The van der Waals surface area contributed by atoms with E-state index in [0.717, 1.165) is 18.5 Å². The van der Waals surface area contributed by atoms with Crippen molar-refractivity contribution in [2.45, 2.75) is 38.6 Å². The van der Waals surface area contributed by atoms with Gasteiger partial charge in [0.25, 0.3) is 0 Å². The Bertz CT molecular complexity index is 370. The average molecular weight is 238 g/mol. The molecule has 5 nitrogen and oxygen atoms in total. The van der Waals surface area contributed by atoms with Gasteiger partial charge in [-0.25, -0.2) is 0 Å². The molecule has 0 aliphatic rings. The zero-order valence-corrected chi connectivity index (χ0v) is 10.9. The molecular weight excluding hydrogens is 216 g/mol. The Kier molecular flexibility index (Phi) is 4.69. The molecule has 0 saturated heterocycles. The first-order chi connectivity index (χ1) is 7.95. The minimum atomic E-state index is -0.765. The molecule has 0 spiro atoms. The molecule has 1 aromatic rings. The molecule has 1 rings (SSSR count). The molecule has 0 aliphatic carbocycles. The minimum absolute atomic E-state index is 0.0877. The standard InChI is InChI=1S/C12H22N4O/c1-4-7-12(2,13)11(17)14-8-5-10-6-9-16(3)15-10/h6,9H,4-5,7-8,13H2,1-3H3,(H,14,17). The van der Waals surface area contributed by atoms with Crippen molar-refractivity contribution >= 4 is 5.91 Å². The van der Waals surface area contributed by atoms with E-state index in [1.165, 1.54) is 0 Å². The fourth-order valence-electron chi connectivity index (χ4n) is 1.74. The summed E-state index contributed by atoms with van der Waals surface area (Å²) >= 11 is 0. The third kappa shape index (κ3) is 4.19. The van der Waals surface area contributed by atoms with Crippen LogP contribution in [-0.2, 0) is 18.3 Å². The second-order valence-corrected chi connectivity index (χ2v) is 4.65. The number of nitrogens with one attached hydrogen (secondary N) is 1. The van der Waals surface area contributed by atoms with Crippen molar-refractivity contribution in [3.05, 3.63) is 18.0 Å². The Morgan fingerprint density at radius 2 is 2.35 bits per heavy atom. The van der Waals surface area contributed by atoms with Gasteiger partial charge in [-0.1, -0.05) is 13.3 Å². The lowest BCUT2D eigenvalue weighted by Gasteiger charge is -2.22. The van der Waals surface area contributed by atoms with Crippen molar-refractivity contribution in [2.75, 3.05) is 6.54 Å². The second kappa shape index (κ2) is 5.82. The molecular formula is C12H22N4O. The maximum atomic E-state index is 11.8. The molecule has 3 N–H and O–H groups in total. The molecule has 96 valence electrons. The number of carbonyl (C=O) groups excluding carboxylic acids is 1. The largest absolute Gasteiger partial charge is 0.354 e. The van der Waals surface area contributed by atoms with E-state index in [0.29, 0.717) is 13.0 Å². The van der Waals surface area contributed by atoms with E-state index < -0.39 is 5.54 Å². The summed E-state index contributed by atoms with van der Waals surface area (Å²) in [5.74, 6) is -0.0877. The highest BCUT2D eigenvalue weighted by Crippen LogP contribution is 2.08. The first kappa shape index (κ1) is 13.7. The summed E-state index contributed by atoms with van der Waals surface area (Å²) in [6, 6.07) is 1.94. The first-order valence-corrected chi connectivity index (χ1v) is 6.01. The molecule has 5 heteroatoms. The van der Waals surface area contributed by atoms with E-state index in [9.17, 15) is 4.79 Å². The van der Waals surface area contributed by atoms with E-state index in [1.54, 1.807) is 11.6 Å². The summed E-state index contributed by atoms with van der Waals surface area (Å²) in [5.41, 5.74) is 6.13. The van der Waals surface area contributed by atoms with Crippen LogP contribution in [-0.4, -0.2) is 27.8 Å². The van der Waals surface area contributed by atoms with Crippen LogP contribution in [0.4, 0.5) is 0 Å². The van der Waals surface area contributed by atoms with Crippen LogP contribution in [0.3, 0.4) is 0 Å².